The average Bonchev–Trinajstić information content (AvgIpc) is 2.50. The first-order valence-corrected chi connectivity index (χ1v) is 7.15. The van der Waals surface area contributed by atoms with E-state index in [-0.39, 0.29) is 5.54 Å². The van der Waals surface area contributed by atoms with E-state index < -0.39 is 0 Å². The summed E-state index contributed by atoms with van der Waals surface area (Å²) < 4.78 is 0. The Labute approximate surface area is 111 Å². The Balaban J connectivity index is 1.83. The molecule has 2 unspecified atom stereocenters. The summed E-state index contributed by atoms with van der Waals surface area (Å²) in [6, 6.07) is 1.58. The molecular weight excluding hydrogens is 224 g/mol. The molecule has 0 radical (unpaired) electrons. The monoisotopic (exact) mass is 252 g/mol. The molecule has 3 N–H and O–H groups in total. The highest BCUT2D eigenvalue weighted by Gasteiger charge is 2.38. The van der Waals surface area contributed by atoms with Crippen LogP contribution in [-0.2, 0) is 0 Å². The number of piperidine rings is 1. The molecule has 4 nitrogen and oxygen atoms in total. The van der Waals surface area contributed by atoms with Crippen molar-refractivity contribution in [3.8, 4) is 0 Å². The average molecular weight is 252 g/mol. The Hall–Kier alpha value is -0.770. The number of fused-ring (bicyclic) bond motifs is 2. The van der Waals surface area contributed by atoms with Crippen LogP contribution < -0.4 is 11.1 Å². The van der Waals surface area contributed by atoms with E-state index in [1.807, 2.05) is 0 Å². The van der Waals surface area contributed by atoms with Gasteiger partial charge in [0, 0.05) is 24.2 Å². The van der Waals surface area contributed by atoms with Crippen LogP contribution in [0.5, 0.6) is 0 Å². The van der Waals surface area contributed by atoms with Crippen molar-refractivity contribution >= 4 is 5.96 Å². The zero-order chi connectivity index (χ0) is 13.3. The summed E-state index contributed by atoms with van der Waals surface area (Å²) in [5, 5.41) is 3.22. The topological polar surface area (TPSA) is 53.6 Å². The molecule has 2 aliphatic heterocycles. The van der Waals surface area contributed by atoms with E-state index in [9.17, 15) is 0 Å². The van der Waals surface area contributed by atoms with Crippen molar-refractivity contribution in [2.45, 2.75) is 64.1 Å². The van der Waals surface area contributed by atoms with Crippen LogP contribution in [-0.4, -0.2) is 42.1 Å². The van der Waals surface area contributed by atoms with Gasteiger partial charge >= 0.3 is 0 Å². The first kappa shape index (κ1) is 13.7. The summed E-state index contributed by atoms with van der Waals surface area (Å²) >= 11 is 0. The quantitative estimate of drug-likeness (QED) is 0.579. The zero-order valence-electron chi connectivity index (χ0n) is 12.2. The Bertz CT molecular complexity index is 304. The zero-order valence-corrected chi connectivity index (χ0v) is 12.2. The predicted molar refractivity (Wildman–Crippen MR) is 76.7 cm³/mol. The smallest absolute Gasteiger partial charge is 0.188 e. The molecule has 18 heavy (non-hydrogen) atoms. The van der Waals surface area contributed by atoms with Crippen molar-refractivity contribution in [3.63, 3.8) is 0 Å². The van der Waals surface area contributed by atoms with Crippen LogP contribution in [0, 0.1) is 5.92 Å². The number of nitrogens with one attached hydrogen (secondary N) is 1. The lowest BCUT2D eigenvalue weighted by atomic mass is 9.91. The first-order chi connectivity index (χ1) is 8.35. The van der Waals surface area contributed by atoms with Crippen LogP contribution in [0.2, 0.25) is 0 Å². The SMILES string of the molecule is CN1C2CCC1CC(CN=C(N)NC(C)(C)C)C2. The molecule has 0 spiro atoms. The Morgan fingerprint density at radius 3 is 2.33 bits per heavy atom. The van der Waals surface area contributed by atoms with Crippen LogP contribution >= 0.6 is 0 Å². The van der Waals surface area contributed by atoms with E-state index in [0.717, 1.165) is 24.5 Å². The van der Waals surface area contributed by atoms with Crippen molar-refractivity contribution in [3.05, 3.63) is 0 Å². The van der Waals surface area contributed by atoms with Gasteiger partial charge in [0.05, 0.1) is 0 Å². The van der Waals surface area contributed by atoms with E-state index in [4.69, 9.17) is 5.73 Å². The van der Waals surface area contributed by atoms with Gasteiger partial charge in [0.15, 0.2) is 5.96 Å². The molecule has 2 atom stereocenters. The Kier molecular flexibility index (Phi) is 3.85. The van der Waals surface area contributed by atoms with E-state index in [1.54, 1.807) is 0 Å². The standard InChI is InChI=1S/C14H28N4/c1-14(2,3)17-13(15)16-9-10-7-11-5-6-12(8-10)18(11)4/h10-12H,5-9H2,1-4H3,(H3,15,16,17). The fourth-order valence-electron chi connectivity index (χ4n) is 3.32. The van der Waals surface area contributed by atoms with Crippen LogP contribution in [0.15, 0.2) is 4.99 Å². The molecule has 0 aromatic heterocycles. The molecular formula is C14H28N4. The second-order valence-electron chi connectivity index (χ2n) is 6.99. The van der Waals surface area contributed by atoms with Crippen LogP contribution in [0.3, 0.4) is 0 Å². The van der Waals surface area contributed by atoms with Crippen molar-refractivity contribution in [2.24, 2.45) is 16.6 Å². The molecule has 2 fully saturated rings. The lowest BCUT2D eigenvalue weighted by molar-refractivity contribution is 0.137. The fraction of sp³-hybridized carbons (Fsp3) is 0.929. The molecule has 2 bridgehead atoms. The summed E-state index contributed by atoms with van der Waals surface area (Å²) in [7, 11) is 2.28. The van der Waals surface area contributed by atoms with Crippen molar-refractivity contribution in [2.75, 3.05) is 13.6 Å². The molecule has 2 rings (SSSR count). The summed E-state index contributed by atoms with van der Waals surface area (Å²) in [5.41, 5.74) is 5.92. The van der Waals surface area contributed by atoms with Gasteiger partial charge in [0.25, 0.3) is 0 Å². The fourth-order valence-corrected chi connectivity index (χ4v) is 3.32. The molecule has 2 saturated heterocycles. The number of hydrogen-bond acceptors (Lipinski definition) is 2. The molecule has 0 aromatic carbocycles. The Morgan fingerprint density at radius 1 is 1.28 bits per heavy atom. The van der Waals surface area contributed by atoms with Crippen molar-refractivity contribution < 1.29 is 0 Å². The maximum Gasteiger partial charge on any atom is 0.188 e. The second kappa shape index (κ2) is 5.08. The lowest BCUT2D eigenvalue weighted by Gasteiger charge is -2.35. The number of hydrogen-bond donors (Lipinski definition) is 2. The van der Waals surface area contributed by atoms with Crippen molar-refractivity contribution in [1.82, 2.24) is 10.2 Å². The molecule has 2 heterocycles. The maximum atomic E-state index is 5.92. The summed E-state index contributed by atoms with van der Waals surface area (Å²) in [6.45, 7) is 7.19. The predicted octanol–water partition coefficient (Wildman–Crippen LogP) is 1.56. The van der Waals surface area contributed by atoms with Gasteiger partial charge < -0.3 is 16.0 Å². The highest BCUT2D eigenvalue weighted by molar-refractivity contribution is 5.78. The number of guanidine groups is 1. The summed E-state index contributed by atoms with van der Waals surface area (Å²) in [5.74, 6) is 1.31. The van der Waals surface area contributed by atoms with E-state index >= 15 is 0 Å². The van der Waals surface area contributed by atoms with Gasteiger partial charge in [-0.15, -0.1) is 0 Å². The molecule has 0 aromatic rings. The molecule has 4 heteroatoms. The number of rotatable bonds is 2. The minimum Gasteiger partial charge on any atom is -0.370 e. The summed E-state index contributed by atoms with van der Waals surface area (Å²) in [6.07, 6.45) is 5.33. The van der Waals surface area contributed by atoms with Gasteiger partial charge in [0.1, 0.15) is 0 Å². The van der Waals surface area contributed by atoms with Gasteiger partial charge in [-0.3, -0.25) is 4.99 Å². The van der Waals surface area contributed by atoms with Gasteiger partial charge in [-0.2, -0.15) is 0 Å². The molecule has 0 saturated carbocycles. The molecule has 0 amide bonds. The van der Waals surface area contributed by atoms with Crippen LogP contribution in [0.25, 0.3) is 0 Å². The maximum absolute atomic E-state index is 5.92. The Morgan fingerprint density at radius 2 is 1.83 bits per heavy atom. The van der Waals surface area contributed by atoms with Gasteiger partial charge in [-0.05, 0) is 59.4 Å². The molecule has 2 aliphatic rings. The van der Waals surface area contributed by atoms with Gasteiger partial charge in [0.2, 0.25) is 0 Å². The highest BCUT2D eigenvalue weighted by Crippen LogP contribution is 2.37. The largest absolute Gasteiger partial charge is 0.370 e. The minimum absolute atomic E-state index is 0.000601. The van der Waals surface area contributed by atoms with Gasteiger partial charge in [-0.25, -0.2) is 0 Å². The number of nitrogens with two attached hydrogens (primary N) is 1. The molecule has 0 aliphatic carbocycles. The highest BCUT2D eigenvalue weighted by atomic mass is 15.2. The lowest BCUT2D eigenvalue weighted by Crippen LogP contribution is -2.45. The number of nitrogens with zero attached hydrogens (tertiary/aromatic N) is 2. The third-order valence-electron chi connectivity index (χ3n) is 4.22. The normalized spacial score (nSPS) is 33.8. The molecule has 104 valence electrons. The van der Waals surface area contributed by atoms with Crippen molar-refractivity contribution in [1.29, 1.82) is 0 Å². The third kappa shape index (κ3) is 3.37. The third-order valence-corrected chi connectivity index (χ3v) is 4.22. The first-order valence-electron chi connectivity index (χ1n) is 7.15. The van der Waals surface area contributed by atoms with E-state index in [2.05, 4.69) is 43.0 Å². The van der Waals surface area contributed by atoms with E-state index in [0.29, 0.717) is 5.96 Å². The van der Waals surface area contributed by atoms with Crippen LogP contribution in [0.1, 0.15) is 46.5 Å². The second-order valence-corrected chi connectivity index (χ2v) is 6.99. The van der Waals surface area contributed by atoms with Gasteiger partial charge in [-0.1, -0.05) is 0 Å². The minimum atomic E-state index is -0.000601. The van der Waals surface area contributed by atoms with Crippen LogP contribution in [0.4, 0.5) is 0 Å². The number of aliphatic imine (C=N–C) groups is 1. The summed E-state index contributed by atoms with van der Waals surface area (Å²) in [4.78, 5) is 7.09. The van der Waals surface area contributed by atoms with E-state index in [1.165, 1.54) is 25.7 Å².